The second-order valence-electron chi connectivity index (χ2n) is 3.14. The Morgan fingerprint density at radius 3 is 2.59 bits per heavy atom. The summed E-state index contributed by atoms with van der Waals surface area (Å²) in [4.78, 5) is 0. The second kappa shape index (κ2) is 5.11. The molecule has 0 aliphatic heterocycles. The van der Waals surface area contributed by atoms with Gasteiger partial charge in [-0.1, -0.05) is 29.3 Å². The maximum Gasteiger partial charge on any atom is 0.287 e. The molecule has 2 aromatic rings. The van der Waals surface area contributed by atoms with Gasteiger partial charge in [-0.2, -0.15) is 5.11 Å². The van der Waals surface area contributed by atoms with Gasteiger partial charge in [0.2, 0.25) is 0 Å². The Morgan fingerprint density at radius 1 is 1.29 bits per heavy atom. The first-order valence-electron chi connectivity index (χ1n) is 4.64. The zero-order chi connectivity index (χ0) is 12.3. The van der Waals surface area contributed by atoms with Gasteiger partial charge in [-0.25, -0.2) is 4.68 Å². The normalized spacial score (nSPS) is 11.2. The highest BCUT2D eigenvalue weighted by Gasteiger charge is 2.04. The molecule has 1 aromatic carbocycles. The smallest absolute Gasteiger partial charge is 0.287 e. The molecule has 6 nitrogen and oxygen atoms in total. The molecule has 8 heteroatoms. The van der Waals surface area contributed by atoms with Gasteiger partial charge in [0, 0.05) is 15.6 Å². The summed E-state index contributed by atoms with van der Waals surface area (Å²) < 4.78 is 1.16. The topological polar surface area (TPSA) is 81.5 Å². The van der Waals surface area contributed by atoms with E-state index in [2.05, 4.69) is 20.4 Å². The second-order valence-corrected chi connectivity index (χ2v) is 3.95. The van der Waals surface area contributed by atoms with Gasteiger partial charge in [-0.05, 0) is 12.1 Å². The Hall–Kier alpha value is -1.66. The molecular formula is C9H8Cl2N6. The van der Waals surface area contributed by atoms with Crippen LogP contribution in [0.4, 0.5) is 5.95 Å². The van der Waals surface area contributed by atoms with E-state index in [1.165, 1.54) is 6.33 Å². The van der Waals surface area contributed by atoms with Crippen LogP contribution in [-0.4, -0.2) is 14.9 Å². The van der Waals surface area contributed by atoms with Crippen molar-refractivity contribution in [2.24, 2.45) is 10.2 Å². The lowest BCUT2D eigenvalue weighted by Crippen LogP contribution is -2.04. The van der Waals surface area contributed by atoms with Crippen molar-refractivity contribution in [3.05, 3.63) is 40.1 Å². The highest BCUT2D eigenvalue weighted by atomic mass is 35.5. The van der Waals surface area contributed by atoms with E-state index in [-0.39, 0.29) is 12.5 Å². The summed E-state index contributed by atoms with van der Waals surface area (Å²) >= 11 is 12.0. The Balaban J connectivity index is 2.13. The van der Waals surface area contributed by atoms with Crippen LogP contribution in [0, 0.1) is 0 Å². The van der Waals surface area contributed by atoms with Crippen molar-refractivity contribution in [2.45, 2.75) is 6.54 Å². The summed E-state index contributed by atoms with van der Waals surface area (Å²) in [6, 6.07) is 5.25. The van der Waals surface area contributed by atoms with Gasteiger partial charge in [-0.3, -0.25) is 0 Å². The maximum absolute atomic E-state index is 5.98. The first-order chi connectivity index (χ1) is 8.18. The van der Waals surface area contributed by atoms with E-state index >= 15 is 0 Å². The largest absolute Gasteiger partial charge is 0.335 e. The number of azo groups is 1. The third-order valence-electron chi connectivity index (χ3n) is 2.00. The number of hydrogen-bond donors (Lipinski definition) is 1. The first kappa shape index (κ1) is 11.8. The summed E-state index contributed by atoms with van der Waals surface area (Å²) in [6.07, 6.45) is 1.33. The number of aromatic nitrogens is 3. The van der Waals surface area contributed by atoms with Crippen LogP contribution in [0.2, 0.25) is 10.0 Å². The predicted octanol–water partition coefficient (Wildman–Crippen LogP) is 2.58. The SMILES string of the molecule is Nn1cnnc1N=NCc1c(Cl)cccc1Cl. The fourth-order valence-corrected chi connectivity index (χ4v) is 1.68. The van der Waals surface area contributed by atoms with Crippen LogP contribution in [0.15, 0.2) is 34.8 Å². The van der Waals surface area contributed by atoms with Crippen LogP contribution in [0.3, 0.4) is 0 Å². The Kier molecular flexibility index (Phi) is 3.55. The summed E-state index contributed by atoms with van der Waals surface area (Å²) in [5, 5.41) is 16.0. The molecular weight excluding hydrogens is 263 g/mol. The van der Waals surface area contributed by atoms with Gasteiger partial charge in [0.05, 0.1) is 6.54 Å². The Morgan fingerprint density at radius 2 is 2.00 bits per heavy atom. The van der Waals surface area contributed by atoms with Crippen molar-refractivity contribution >= 4 is 29.2 Å². The number of rotatable bonds is 3. The van der Waals surface area contributed by atoms with Gasteiger partial charge in [0.15, 0.2) is 0 Å². The lowest BCUT2D eigenvalue weighted by atomic mass is 10.2. The first-order valence-corrected chi connectivity index (χ1v) is 5.39. The average Bonchev–Trinajstić information content (AvgIpc) is 2.69. The fraction of sp³-hybridized carbons (Fsp3) is 0.111. The van der Waals surface area contributed by atoms with E-state index in [0.717, 1.165) is 4.68 Å². The molecule has 1 heterocycles. The van der Waals surface area contributed by atoms with E-state index in [1.807, 2.05) is 0 Å². The Bertz CT molecular complexity index is 530. The summed E-state index contributed by atoms with van der Waals surface area (Å²) in [5.74, 6) is 5.68. The lowest BCUT2D eigenvalue weighted by Gasteiger charge is -2.01. The van der Waals surface area contributed by atoms with Crippen LogP contribution in [-0.2, 0) is 6.54 Å². The van der Waals surface area contributed by atoms with Crippen molar-refractivity contribution in [3.8, 4) is 0 Å². The monoisotopic (exact) mass is 270 g/mol. The average molecular weight is 271 g/mol. The number of halogens is 2. The molecule has 0 aliphatic rings. The number of hydrogen-bond acceptors (Lipinski definition) is 5. The van der Waals surface area contributed by atoms with E-state index in [4.69, 9.17) is 29.0 Å². The van der Waals surface area contributed by atoms with E-state index in [0.29, 0.717) is 15.6 Å². The van der Waals surface area contributed by atoms with E-state index in [9.17, 15) is 0 Å². The molecule has 0 saturated carbocycles. The molecule has 0 bridgehead atoms. The highest BCUT2D eigenvalue weighted by Crippen LogP contribution is 2.25. The van der Waals surface area contributed by atoms with Crippen molar-refractivity contribution in [2.75, 3.05) is 5.84 Å². The third kappa shape index (κ3) is 2.72. The van der Waals surface area contributed by atoms with Crippen LogP contribution < -0.4 is 5.84 Å². The van der Waals surface area contributed by atoms with Gasteiger partial charge < -0.3 is 5.84 Å². The van der Waals surface area contributed by atoms with Crippen molar-refractivity contribution in [1.82, 2.24) is 14.9 Å². The van der Waals surface area contributed by atoms with Gasteiger partial charge in [0.1, 0.15) is 6.33 Å². The molecule has 0 atom stereocenters. The minimum Gasteiger partial charge on any atom is -0.335 e. The minimum absolute atomic E-state index is 0.216. The Labute approximate surface area is 107 Å². The molecule has 0 unspecified atom stereocenters. The summed E-state index contributed by atoms with van der Waals surface area (Å²) in [6.45, 7) is 0.255. The van der Waals surface area contributed by atoms with Crippen molar-refractivity contribution < 1.29 is 0 Å². The van der Waals surface area contributed by atoms with Crippen LogP contribution >= 0.6 is 23.2 Å². The molecule has 0 amide bonds. The minimum atomic E-state index is 0.216. The maximum atomic E-state index is 5.98. The molecule has 0 spiro atoms. The number of nitrogens with two attached hydrogens (primary N) is 1. The zero-order valence-electron chi connectivity index (χ0n) is 8.59. The molecule has 1 aromatic heterocycles. The van der Waals surface area contributed by atoms with Crippen LogP contribution in [0.25, 0.3) is 0 Å². The standard InChI is InChI=1S/C9H8Cl2N6/c10-7-2-1-3-8(11)6(7)4-13-15-9-16-14-5-17(9)12/h1-3,5H,4,12H2. The zero-order valence-corrected chi connectivity index (χ0v) is 10.1. The molecule has 2 rings (SSSR count). The van der Waals surface area contributed by atoms with Gasteiger partial charge in [-0.15, -0.1) is 15.3 Å². The highest BCUT2D eigenvalue weighted by molar-refractivity contribution is 6.35. The predicted molar refractivity (Wildman–Crippen MR) is 64.9 cm³/mol. The molecule has 0 radical (unpaired) electrons. The quantitative estimate of drug-likeness (QED) is 0.688. The molecule has 0 saturated heterocycles. The molecule has 17 heavy (non-hydrogen) atoms. The summed E-state index contributed by atoms with van der Waals surface area (Å²) in [7, 11) is 0. The van der Waals surface area contributed by atoms with Gasteiger partial charge in [0.25, 0.3) is 5.95 Å². The number of benzene rings is 1. The molecule has 0 fully saturated rings. The van der Waals surface area contributed by atoms with E-state index < -0.39 is 0 Å². The number of nitrogen functional groups attached to an aromatic ring is 1. The van der Waals surface area contributed by atoms with Crippen molar-refractivity contribution in [3.63, 3.8) is 0 Å². The summed E-state index contributed by atoms with van der Waals surface area (Å²) in [5.41, 5.74) is 0.711. The lowest BCUT2D eigenvalue weighted by molar-refractivity contribution is 0.893. The molecule has 88 valence electrons. The molecule has 2 N–H and O–H groups in total. The van der Waals surface area contributed by atoms with Gasteiger partial charge >= 0.3 is 0 Å². The van der Waals surface area contributed by atoms with E-state index in [1.54, 1.807) is 18.2 Å². The van der Waals surface area contributed by atoms with Crippen molar-refractivity contribution in [1.29, 1.82) is 0 Å². The number of nitrogens with zero attached hydrogens (tertiary/aromatic N) is 5. The van der Waals surface area contributed by atoms with Crippen LogP contribution in [0.5, 0.6) is 0 Å². The fourth-order valence-electron chi connectivity index (χ4n) is 1.16. The third-order valence-corrected chi connectivity index (χ3v) is 2.71. The van der Waals surface area contributed by atoms with Crippen LogP contribution in [0.1, 0.15) is 5.56 Å². The molecule has 0 aliphatic carbocycles.